The van der Waals surface area contributed by atoms with Crippen molar-refractivity contribution in [3.05, 3.63) is 58.2 Å². The summed E-state index contributed by atoms with van der Waals surface area (Å²) in [6, 6.07) is 11.5. The lowest BCUT2D eigenvalue weighted by molar-refractivity contribution is 0.898. The van der Waals surface area contributed by atoms with E-state index >= 15 is 0 Å². The summed E-state index contributed by atoms with van der Waals surface area (Å²) in [5.41, 5.74) is 1.08. The van der Waals surface area contributed by atoms with Crippen LogP contribution in [0.4, 0.5) is 5.82 Å². The molecule has 0 atom stereocenters. The van der Waals surface area contributed by atoms with Crippen LogP contribution in [0.15, 0.2) is 42.6 Å². The maximum absolute atomic E-state index is 6.11. The van der Waals surface area contributed by atoms with Gasteiger partial charge < -0.3 is 4.90 Å². The van der Waals surface area contributed by atoms with Crippen molar-refractivity contribution in [2.45, 2.75) is 6.54 Å². The van der Waals surface area contributed by atoms with Crippen LogP contribution in [0.2, 0.25) is 10.0 Å². The van der Waals surface area contributed by atoms with E-state index in [9.17, 15) is 0 Å². The van der Waals surface area contributed by atoms with Crippen LogP contribution in [0.25, 0.3) is 0 Å². The molecule has 2 rings (SSSR count). The molecule has 0 aliphatic heterocycles. The minimum absolute atomic E-state index is 0.639. The van der Waals surface area contributed by atoms with Gasteiger partial charge in [-0.25, -0.2) is 4.98 Å². The molecule has 0 radical (unpaired) electrons. The lowest BCUT2D eigenvalue weighted by Crippen LogP contribution is -2.17. The van der Waals surface area contributed by atoms with Crippen LogP contribution in [0.3, 0.4) is 0 Å². The Hall–Kier alpha value is -1.25. The summed E-state index contributed by atoms with van der Waals surface area (Å²) in [4.78, 5) is 6.28. The highest BCUT2D eigenvalue weighted by Crippen LogP contribution is 2.20. The molecule has 1 aromatic carbocycles. The third kappa shape index (κ3) is 3.11. The van der Waals surface area contributed by atoms with Crippen molar-refractivity contribution < 1.29 is 0 Å². The zero-order valence-corrected chi connectivity index (χ0v) is 10.9. The summed E-state index contributed by atoms with van der Waals surface area (Å²) < 4.78 is 0. The van der Waals surface area contributed by atoms with E-state index in [-0.39, 0.29) is 0 Å². The topological polar surface area (TPSA) is 16.1 Å². The lowest BCUT2D eigenvalue weighted by Gasteiger charge is -2.18. The van der Waals surface area contributed by atoms with Gasteiger partial charge in [0, 0.05) is 24.8 Å². The fraction of sp³-hybridized carbons (Fsp3) is 0.154. The van der Waals surface area contributed by atoms with Crippen LogP contribution in [-0.2, 0) is 6.54 Å². The Balaban J connectivity index is 2.14. The Morgan fingerprint density at radius 2 is 1.88 bits per heavy atom. The quantitative estimate of drug-likeness (QED) is 0.834. The smallest absolute Gasteiger partial charge is 0.128 e. The van der Waals surface area contributed by atoms with Gasteiger partial charge in [0.2, 0.25) is 0 Å². The van der Waals surface area contributed by atoms with Crippen LogP contribution in [-0.4, -0.2) is 12.0 Å². The summed E-state index contributed by atoms with van der Waals surface area (Å²) in [6.45, 7) is 0.717. The molecular formula is C13H12Cl2N2. The second kappa shape index (κ2) is 5.39. The van der Waals surface area contributed by atoms with Gasteiger partial charge in [-0.1, -0.05) is 41.4 Å². The number of nitrogens with zero attached hydrogens (tertiary/aromatic N) is 2. The summed E-state index contributed by atoms with van der Waals surface area (Å²) in [6.07, 6.45) is 1.64. The van der Waals surface area contributed by atoms with Crippen molar-refractivity contribution in [1.29, 1.82) is 0 Å². The maximum atomic E-state index is 6.11. The van der Waals surface area contributed by atoms with E-state index in [1.165, 1.54) is 0 Å². The molecule has 88 valence electrons. The summed E-state index contributed by atoms with van der Waals surface area (Å²) in [7, 11) is 1.97. The number of halogens is 2. The van der Waals surface area contributed by atoms with Crippen LogP contribution < -0.4 is 4.90 Å². The second-order valence-corrected chi connectivity index (χ2v) is 4.63. The average Bonchev–Trinajstić information content (AvgIpc) is 2.33. The Labute approximate surface area is 111 Å². The predicted molar refractivity (Wildman–Crippen MR) is 72.8 cm³/mol. The number of aromatic nitrogens is 1. The molecule has 0 unspecified atom stereocenters. The maximum Gasteiger partial charge on any atom is 0.128 e. The van der Waals surface area contributed by atoms with Crippen molar-refractivity contribution in [3.63, 3.8) is 0 Å². The molecular weight excluding hydrogens is 255 g/mol. The summed E-state index contributed by atoms with van der Waals surface area (Å²) in [5.74, 6) is 0.870. The van der Waals surface area contributed by atoms with E-state index in [2.05, 4.69) is 4.98 Å². The number of pyridine rings is 1. The molecule has 0 N–H and O–H groups in total. The van der Waals surface area contributed by atoms with E-state index in [1.807, 2.05) is 48.3 Å². The van der Waals surface area contributed by atoms with Gasteiger partial charge in [-0.15, -0.1) is 0 Å². The first kappa shape index (κ1) is 12.2. The van der Waals surface area contributed by atoms with Crippen LogP contribution >= 0.6 is 23.2 Å². The van der Waals surface area contributed by atoms with Crippen molar-refractivity contribution in [2.75, 3.05) is 11.9 Å². The molecule has 2 nitrogen and oxygen atoms in total. The monoisotopic (exact) mass is 266 g/mol. The van der Waals surface area contributed by atoms with Crippen molar-refractivity contribution in [3.8, 4) is 0 Å². The first-order valence-corrected chi connectivity index (χ1v) is 5.98. The number of hydrogen-bond donors (Lipinski definition) is 0. The van der Waals surface area contributed by atoms with Crippen LogP contribution in [0.5, 0.6) is 0 Å². The zero-order valence-electron chi connectivity index (χ0n) is 9.40. The molecule has 0 aliphatic rings. The number of hydrogen-bond acceptors (Lipinski definition) is 2. The number of rotatable bonds is 3. The molecule has 0 amide bonds. The fourth-order valence-electron chi connectivity index (χ4n) is 1.56. The molecule has 0 bridgehead atoms. The Morgan fingerprint density at radius 1 is 1.12 bits per heavy atom. The predicted octanol–water partition coefficient (Wildman–Crippen LogP) is 4.02. The normalized spacial score (nSPS) is 10.3. The third-order valence-corrected chi connectivity index (χ3v) is 3.06. The Morgan fingerprint density at radius 3 is 2.53 bits per heavy atom. The number of anilines is 1. The van der Waals surface area contributed by atoms with Gasteiger partial charge >= 0.3 is 0 Å². The minimum atomic E-state index is 0.639. The van der Waals surface area contributed by atoms with E-state index < -0.39 is 0 Å². The molecule has 1 heterocycles. The van der Waals surface area contributed by atoms with Gasteiger partial charge in [0.25, 0.3) is 0 Å². The summed E-state index contributed by atoms with van der Waals surface area (Å²) >= 11 is 11.9. The SMILES string of the molecule is CN(Cc1ccccc1Cl)c1ccc(Cl)cn1. The van der Waals surface area contributed by atoms with Crippen LogP contribution in [0, 0.1) is 0 Å². The van der Waals surface area contributed by atoms with Gasteiger partial charge in [0.15, 0.2) is 0 Å². The first-order chi connectivity index (χ1) is 8.16. The summed E-state index contributed by atoms with van der Waals surface area (Å²) in [5, 5.41) is 1.41. The second-order valence-electron chi connectivity index (χ2n) is 3.78. The van der Waals surface area contributed by atoms with Crippen LogP contribution in [0.1, 0.15) is 5.56 Å². The largest absolute Gasteiger partial charge is 0.355 e. The highest BCUT2D eigenvalue weighted by Gasteiger charge is 2.05. The van der Waals surface area contributed by atoms with Gasteiger partial charge in [0.05, 0.1) is 5.02 Å². The van der Waals surface area contributed by atoms with E-state index in [0.29, 0.717) is 11.6 Å². The van der Waals surface area contributed by atoms with Gasteiger partial charge in [-0.2, -0.15) is 0 Å². The highest BCUT2D eigenvalue weighted by molar-refractivity contribution is 6.31. The molecule has 0 fully saturated rings. The van der Waals surface area contributed by atoms with E-state index in [4.69, 9.17) is 23.2 Å². The average molecular weight is 267 g/mol. The van der Waals surface area contributed by atoms with Crippen molar-refractivity contribution in [1.82, 2.24) is 4.98 Å². The molecule has 0 aliphatic carbocycles. The number of benzene rings is 1. The molecule has 17 heavy (non-hydrogen) atoms. The fourth-order valence-corrected chi connectivity index (χ4v) is 1.86. The molecule has 0 saturated carbocycles. The molecule has 2 aromatic rings. The minimum Gasteiger partial charge on any atom is -0.355 e. The Kier molecular flexibility index (Phi) is 3.87. The molecule has 0 spiro atoms. The molecule has 4 heteroatoms. The van der Waals surface area contributed by atoms with E-state index in [0.717, 1.165) is 16.4 Å². The van der Waals surface area contributed by atoms with Gasteiger partial charge in [-0.05, 0) is 23.8 Å². The van der Waals surface area contributed by atoms with Gasteiger partial charge in [-0.3, -0.25) is 0 Å². The van der Waals surface area contributed by atoms with E-state index in [1.54, 1.807) is 6.20 Å². The molecule has 1 aromatic heterocycles. The van der Waals surface area contributed by atoms with Gasteiger partial charge in [0.1, 0.15) is 5.82 Å². The van der Waals surface area contributed by atoms with Crippen molar-refractivity contribution >= 4 is 29.0 Å². The standard InChI is InChI=1S/C13H12Cl2N2/c1-17(13-7-6-11(14)8-16-13)9-10-4-2-3-5-12(10)15/h2-8H,9H2,1H3. The molecule has 0 saturated heterocycles. The first-order valence-electron chi connectivity index (χ1n) is 5.23. The zero-order chi connectivity index (χ0) is 12.3. The Bertz CT molecular complexity index is 497. The van der Waals surface area contributed by atoms with Crippen molar-refractivity contribution in [2.24, 2.45) is 0 Å². The highest BCUT2D eigenvalue weighted by atomic mass is 35.5. The third-order valence-electron chi connectivity index (χ3n) is 2.47. The lowest BCUT2D eigenvalue weighted by atomic mass is 10.2.